The molecule has 0 amide bonds. The van der Waals surface area contributed by atoms with Crippen molar-refractivity contribution in [1.29, 1.82) is 5.41 Å². The lowest BCUT2D eigenvalue weighted by Crippen LogP contribution is -2.50. The summed E-state index contributed by atoms with van der Waals surface area (Å²) in [5, 5.41) is 8.17. The summed E-state index contributed by atoms with van der Waals surface area (Å²) in [6.45, 7) is 0.810. The summed E-state index contributed by atoms with van der Waals surface area (Å²) < 4.78 is 0. The van der Waals surface area contributed by atoms with Crippen LogP contribution in [-0.2, 0) is 12.1 Å². The minimum absolute atomic E-state index is 0.172. The Kier molecular flexibility index (Phi) is 2.64. The van der Waals surface area contributed by atoms with Gasteiger partial charge in [-0.1, -0.05) is 54.6 Å². The maximum atomic E-state index is 8.17. The molecule has 1 aliphatic rings. The number of hydrogen-bond donors (Lipinski definition) is 2. The number of nitrogens with one attached hydrogen (secondary N) is 1. The molecule has 1 aliphatic heterocycles. The van der Waals surface area contributed by atoms with E-state index in [0.717, 1.165) is 17.7 Å². The highest BCUT2D eigenvalue weighted by Gasteiger charge is 2.47. The molecule has 0 saturated carbocycles. The molecular weight excluding hydrogens is 234 g/mol. The van der Waals surface area contributed by atoms with Gasteiger partial charge in [-0.05, 0) is 23.7 Å². The lowest BCUT2D eigenvalue weighted by atomic mass is 9.82. The molecule has 3 heteroatoms. The molecule has 0 saturated heterocycles. The van der Waals surface area contributed by atoms with E-state index in [4.69, 9.17) is 11.1 Å². The van der Waals surface area contributed by atoms with E-state index >= 15 is 0 Å². The van der Waals surface area contributed by atoms with Crippen molar-refractivity contribution >= 4 is 5.84 Å². The highest BCUT2D eigenvalue weighted by atomic mass is 15.2. The maximum Gasteiger partial charge on any atom is 0.130 e. The molecule has 2 aromatic carbocycles. The van der Waals surface area contributed by atoms with E-state index < -0.39 is 5.54 Å². The number of nitrogens with two attached hydrogens (primary N) is 1. The largest absolute Gasteiger partial charge is 0.385 e. The van der Waals surface area contributed by atoms with Crippen LogP contribution in [0.4, 0.5) is 0 Å². The normalized spacial score (nSPS) is 22.2. The van der Waals surface area contributed by atoms with Gasteiger partial charge < -0.3 is 5.73 Å². The van der Waals surface area contributed by atoms with Gasteiger partial charge in [-0.15, -0.1) is 0 Å². The predicted octanol–water partition coefficient (Wildman–Crippen LogP) is 2.31. The van der Waals surface area contributed by atoms with E-state index in [1.165, 1.54) is 5.56 Å². The smallest absolute Gasteiger partial charge is 0.130 e. The van der Waals surface area contributed by atoms with Crippen molar-refractivity contribution in [3.63, 3.8) is 0 Å². The van der Waals surface area contributed by atoms with Gasteiger partial charge in [-0.25, -0.2) is 0 Å². The quantitative estimate of drug-likeness (QED) is 0.635. The van der Waals surface area contributed by atoms with Crippen molar-refractivity contribution < 1.29 is 0 Å². The Labute approximate surface area is 113 Å². The second-order valence-corrected chi connectivity index (χ2v) is 5.00. The highest BCUT2D eigenvalue weighted by molar-refractivity contribution is 5.93. The molecule has 0 bridgehead atoms. The number of fused-ring (bicyclic) bond motifs is 1. The molecule has 1 heterocycles. The fraction of sp³-hybridized carbons (Fsp3) is 0.188. The van der Waals surface area contributed by atoms with Crippen molar-refractivity contribution in [2.45, 2.75) is 12.1 Å². The average Bonchev–Trinajstić information content (AvgIpc) is 2.72. The lowest BCUT2D eigenvalue weighted by molar-refractivity contribution is 0.247. The standard InChI is InChI=1S/C16H17N3/c1-19-11-12-7-5-6-10-14(12)16(19,15(17)18)13-8-3-2-4-9-13/h2-10H,11H2,1H3,(H3,17,18). The summed E-state index contributed by atoms with van der Waals surface area (Å²) in [7, 11) is 2.02. The van der Waals surface area contributed by atoms with Gasteiger partial charge in [0.15, 0.2) is 0 Å². The summed E-state index contributed by atoms with van der Waals surface area (Å²) in [4.78, 5) is 2.15. The Balaban J connectivity index is 2.31. The third-order valence-electron chi connectivity index (χ3n) is 3.97. The number of rotatable bonds is 2. The third kappa shape index (κ3) is 1.52. The molecule has 0 fully saturated rings. The summed E-state index contributed by atoms with van der Waals surface area (Å²) in [6, 6.07) is 18.3. The van der Waals surface area contributed by atoms with Gasteiger partial charge in [0.2, 0.25) is 0 Å². The lowest BCUT2D eigenvalue weighted by Gasteiger charge is -2.36. The Hall–Kier alpha value is -2.13. The molecule has 0 aliphatic carbocycles. The van der Waals surface area contributed by atoms with Crippen LogP contribution in [0.5, 0.6) is 0 Å². The molecule has 0 aromatic heterocycles. The molecule has 3 N–H and O–H groups in total. The number of likely N-dealkylation sites (N-methyl/N-ethyl adjacent to an activating group) is 1. The average molecular weight is 251 g/mol. The van der Waals surface area contributed by atoms with Crippen LogP contribution in [0.3, 0.4) is 0 Å². The van der Waals surface area contributed by atoms with Crippen molar-refractivity contribution in [3.05, 3.63) is 71.3 Å². The number of nitrogens with zero attached hydrogens (tertiary/aromatic N) is 1. The fourth-order valence-electron chi connectivity index (χ4n) is 3.15. The molecular formula is C16H17N3. The van der Waals surface area contributed by atoms with Gasteiger partial charge in [0.05, 0.1) is 0 Å². The van der Waals surface area contributed by atoms with Gasteiger partial charge in [0.25, 0.3) is 0 Å². The first-order chi connectivity index (χ1) is 9.17. The number of amidine groups is 1. The first-order valence-electron chi connectivity index (χ1n) is 6.37. The van der Waals surface area contributed by atoms with Crippen LogP contribution >= 0.6 is 0 Å². The van der Waals surface area contributed by atoms with Crippen LogP contribution < -0.4 is 5.73 Å². The van der Waals surface area contributed by atoms with Crippen molar-refractivity contribution in [1.82, 2.24) is 4.90 Å². The minimum atomic E-state index is -0.627. The molecule has 1 atom stereocenters. The van der Waals surface area contributed by atoms with E-state index in [0.29, 0.717) is 0 Å². The molecule has 96 valence electrons. The summed E-state index contributed by atoms with van der Waals surface area (Å²) in [6.07, 6.45) is 0. The van der Waals surface area contributed by atoms with Gasteiger partial charge >= 0.3 is 0 Å². The van der Waals surface area contributed by atoms with Crippen molar-refractivity contribution in [3.8, 4) is 0 Å². The van der Waals surface area contributed by atoms with E-state index in [-0.39, 0.29) is 5.84 Å². The van der Waals surface area contributed by atoms with Crippen molar-refractivity contribution in [2.75, 3.05) is 7.05 Å². The Morgan fingerprint density at radius 2 is 1.74 bits per heavy atom. The monoisotopic (exact) mass is 251 g/mol. The predicted molar refractivity (Wildman–Crippen MR) is 77.0 cm³/mol. The summed E-state index contributed by atoms with van der Waals surface area (Å²) in [5.41, 5.74) is 8.80. The minimum Gasteiger partial charge on any atom is -0.385 e. The zero-order chi connectivity index (χ0) is 13.5. The van der Waals surface area contributed by atoms with Gasteiger partial charge in [0.1, 0.15) is 11.4 Å². The molecule has 2 aromatic rings. The third-order valence-corrected chi connectivity index (χ3v) is 3.97. The van der Waals surface area contributed by atoms with Crippen LogP contribution in [0.2, 0.25) is 0 Å². The molecule has 0 radical (unpaired) electrons. The summed E-state index contributed by atoms with van der Waals surface area (Å²) in [5.74, 6) is 0.172. The van der Waals surface area contributed by atoms with Crippen LogP contribution in [-0.4, -0.2) is 17.8 Å². The second-order valence-electron chi connectivity index (χ2n) is 5.00. The Bertz CT molecular complexity index is 621. The first-order valence-corrected chi connectivity index (χ1v) is 6.37. The van der Waals surface area contributed by atoms with Gasteiger partial charge in [0, 0.05) is 6.54 Å². The fourth-order valence-corrected chi connectivity index (χ4v) is 3.15. The number of hydrogen-bond acceptors (Lipinski definition) is 2. The van der Waals surface area contributed by atoms with E-state index in [1.54, 1.807) is 0 Å². The molecule has 1 unspecified atom stereocenters. The SMILES string of the molecule is CN1Cc2ccccc2C1(C(=N)N)c1ccccc1. The van der Waals surface area contributed by atoms with E-state index in [1.807, 2.05) is 49.5 Å². The zero-order valence-corrected chi connectivity index (χ0v) is 10.9. The molecule has 3 rings (SSSR count). The Morgan fingerprint density at radius 3 is 2.42 bits per heavy atom. The van der Waals surface area contributed by atoms with E-state index in [9.17, 15) is 0 Å². The van der Waals surface area contributed by atoms with Crippen LogP contribution in [0.1, 0.15) is 16.7 Å². The Morgan fingerprint density at radius 1 is 1.11 bits per heavy atom. The highest BCUT2D eigenvalue weighted by Crippen LogP contribution is 2.43. The van der Waals surface area contributed by atoms with Crippen LogP contribution in [0.15, 0.2) is 54.6 Å². The van der Waals surface area contributed by atoms with Crippen molar-refractivity contribution in [2.24, 2.45) is 5.73 Å². The van der Waals surface area contributed by atoms with Gasteiger partial charge in [-0.3, -0.25) is 10.3 Å². The second kappa shape index (κ2) is 4.21. The van der Waals surface area contributed by atoms with Crippen LogP contribution in [0.25, 0.3) is 0 Å². The molecule has 3 nitrogen and oxygen atoms in total. The maximum absolute atomic E-state index is 8.17. The van der Waals surface area contributed by atoms with E-state index in [2.05, 4.69) is 17.0 Å². The first kappa shape index (κ1) is 11.9. The molecule has 19 heavy (non-hydrogen) atoms. The topological polar surface area (TPSA) is 53.1 Å². The summed E-state index contributed by atoms with van der Waals surface area (Å²) >= 11 is 0. The van der Waals surface area contributed by atoms with Gasteiger partial charge in [-0.2, -0.15) is 0 Å². The number of benzene rings is 2. The zero-order valence-electron chi connectivity index (χ0n) is 10.9. The molecule has 0 spiro atoms. The van der Waals surface area contributed by atoms with Crippen LogP contribution in [0, 0.1) is 5.41 Å².